The summed E-state index contributed by atoms with van der Waals surface area (Å²) in [6.07, 6.45) is 3.28. The number of aromatic nitrogens is 3. The average Bonchev–Trinajstić information content (AvgIpc) is 2.76. The Hall–Kier alpha value is -2.74. The first kappa shape index (κ1) is 26.9. The second-order valence-electron chi connectivity index (χ2n) is 7.34. The highest BCUT2D eigenvalue weighted by atomic mass is 127. The van der Waals surface area contributed by atoms with Crippen LogP contribution in [-0.2, 0) is 21.9 Å². The number of fused-ring (bicyclic) bond motifs is 1. The normalized spacial score (nSPS) is 11.2. The number of aryl methyl sites for hydroxylation is 1. The number of anilines is 1. The van der Waals surface area contributed by atoms with Crippen LogP contribution < -0.4 is 44.8 Å². The van der Waals surface area contributed by atoms with Crippen molar-refractivity contribution in [3.63, 3.8) is 0 Å². The van der Waals surface area contributed by atoms with Crippen molar-refractivity contribution in [2.24, 2.45) is 7.05 Å². The molecule has 0 radical (unpaired) electrons. The van der Waals surface area contributed by atoms with Crippen LogP contribution in [0.15, 0.2) is 81.5 Å². The van der Waals surface area contributed by atoms with Crippen molar-refractivity contribution in [3.05, 3.63) is 97.9 Å². The van der Waals surface area contributed by atoms with Crippen molar-refractivity contribution >= 4 is 55.7 Å². The summed E-state index contributed by atoms with van der Waals surface area (Å²) in [5.41, 5.74) is -2.12. The van der Waals surface area contributed by atoms with Gasteiger partial charge in [0.1, 0.15) is 12.7 Å². The third-order valence-corrected chi connectivity index (χ3v) is 7.13. The quantitative estimate of drug-likeness (QED) is 0.217. The zero-order valence-electron chi connectivity index (χ0n) is 18.2. The minimum absolute atomic E-state index is 0. The highest BCUT2D eigenvalue weighted by Crippen LogP contribution is 2.21. The Morgan fingerprint density at radius 1 is 1.00 bits per heavy atom. The van der Waals surface area contributed by atoms with Crippen LogP contribution in [-0.4, -0.2) is 23.0 Å². The van der Waals surface area contributed by atoms with E-state index in [4.69, 9.17) is 23.2 Å². The zero-order valence-corrected chi connectivity index (χ0v) is 22.7. The van der Waals surface area contributed by atoms with E-state index in [1.807, 2.05) is 0 Å². The fourth-order valence-electron chi connectivity index (χ4n) is 3.50. The summed E-state index contributed by atoms with van der Waals surface area (Å²) in [5, 5.41) is 1.30. The van der Waals surface area contributed by atoms with Gasteiger partial charge in [-0.25, -0.2) is 22.8 Å². The van der Waals surface area contributed by atoms with Gasteiger partial charge in [0.25, 0.3) is 15.6 Å². The standard InChI is InChI=1S/C22H17Cl2N4O5S.HI/c1-14(29)26(17-4-3-11-25(2)13-17)27-20-12-16(24)7-10-19(20)21(30)28(22(27)31)34(32,33)18-8-5-15(23)6-9-18;/h3-13H,1-2H3;1H/q+1;/p-1. The first-order valence-electron chi connectivity index (χ1n) is 9.77. The number of carbonyl (C=O) groups is 1. The van der Waals surface area contributed by atoms with Gasteiger partial charge in [-0.3, -0.25) is 9.59 Å². The van der Waals surface area contributed by atoms with Crippen LogP contribution in [0, 0.1) is 0 Å². The first-order chi connectivity index (χ1) is 16.0. The summed E-state index contributed by atoms with van der Waals surface area (Å²) in [7, 11) is -2.94. The van der Waals surface area contributed by atoms with Crippen molar-refractivity contribution in [1.82, 2.24) is 8.65 Å². The van der Waals surface area contributed by atoms with E-state index in [1.165, 1.54) is 49.4 Å². The van der Waals surface area contributed by atoms with Gasteiger partial charge in [0, 0.05) is 23.0 Å². The van der Waals surface area contributed by atoms with Gasteiger partial charge in [-0.15, -0.1) is 3.97 Å². The van der Waals surface area contributed by atoms with E-state index in [-0.39, 0.29) is 59.5 Å². The number of hydrogen-bond donors (Lipinski definition) is 0. The molecule has 0 saturated carbocycles. The maximum absolute atomic E-state index is 13.7. The molecule has 13 heteroatoms. The predicted octanol–water partition coefficient (Wildman–Crippen LogP) is -0.648. The van der Waals surface area contributed by atoms with Crippen molar-refractivity contribution < 1.29 is 41.8 Å². The van der Waals surface area contributed by atoms with Crippen LogP contribution in [0.3, 0.4) is 0 Å². The van der Waals surface area contributed by atoms with E-state index in [9.17, 15) is 22.8 Å². The molecule has 0 N–H and O–H groups in total. The van der Waals surface area contributed by atoms with Crippen LogP contribution in [0.25, 0.3) is 10.9 Å². The van der Waals surface area contributed by atoms with Gasteiger partial charge in [0.15, 0.2) is 12.4 Å². The Balaban J connectivity index is 0.00000342. The molecule has 0 aliphatic heterocycles. The molecule has 2 aromatic heterocycles. The van der Waals surface area contributed by atoms with Gasteiger partial charge in [0.2, 0.25) is 5.91 Å². The molecule has 0 saturated heterocycles. The Morgan fingerprint density at radius 2 is 1.63 bits per heavy atom. The van der Waals surface area contributed by atoms with Gasteiger partial charge in [-0.1, -0.05) is 23.2 Å². The van der Waals surface area contributed by atoms with Crippen molar-refractivity contribution in [1.29, 1.82) is 0 Å². The molecule has 2 aromatic carbocycles. The summed E-state index contributed by atoms with van der Waals surface area (Å²) >= 11 is 12.0. The maximum Gasteiger partial charge on any atom is 0.365 e. The fraction of sp³-hybridized carbons (Fsp3) is 0.0909. The lowest BCUT2D eigenvalue weighted by Crippen LogP contribution is -3.00. The van der Waals surface area contributed by atoms with E-state index in [2.05, 4.69) is 0 Å². The van der Waals surface area contributed by atoms with E-state index in [0.717, 1.165) is 9.69 Å². The molecule has 1 amide bonds. The average molecular weight is 647 g/mol. The van der Waals surface area contributed by atoms with E-state index in [0.29, 0.717) is 0 Å². The SMILES string of the molecule is CC(=O)N(c1ccc[n+](C)c1)n1c(=O)n(S(=O)(=O)c2ccc(Cl)cc2)c(=O)c2ccc(Cl)cc21.[I-]. The summed E-state index contributed by atoms with van der Waals surface area (Å²) in [4.78, 5) is 39.4. The lowest BCUT2D eigenvalue weighted by molar-refractivity contribution is -0.670. The Labute approximate surface area is 226 Å². The summed E-state index contributed by atoms with van der Waals surface area (Å²) in [5.74, 6) is -0.608. The molecule has 9 nitrogen and oxygen atoms in total. The van der Waals surface area contributed by atoms with Crippen LogP contribution >= 0.6 is 23.2 Å². The lowest BCUT2D eigenvalue weighted by atomic mass is 10.2. The van der Waals surface area contributed by atoms with Crippen molar-refractivity contribution in [3.8, 4) is 0 Å². The highest BCUT2D eigenvalue weighted by Gasteiger charge is 2.29. The van der Waals surface area contributed by atoms with Crippen molar-refractivity contribution in [2.75, 3.05) is 5.01 Å². The molecule has 0 atom stereocenters. The number of nitrogens with zero attached hydrogens (tertiary/aromatic N) is 4. The van der Waals surface area contributed by atoms with Gasteiger partial charge in [-0.05, 0) is 48.5 Å². The molecule has 182 valence electrons. The maximum atomic E-state index is 13.7. The Bertz CT molecular complexity index is 1690. The molecule has 0 unspecified atom stereocenters. The minimum Gasteiger partial charge on any atom is -1.00 e. The molecule has 4 rings (SSSR count). The largest absolute Gasteiger partial charge is 1.00 e. The molecule has 35 heavy (non-hydrogen) atoms. The molecule has 4 aromatic rings. The van der Waals surface area contributed by atoms with E-state index < -0.39 is 27.2 Å². The Kier molecular flexibility index (Phi) is 7.74. The molecule has 2 heterocycles. The molecular formula is C22H17Cl2IN4O5S. The fourth-order valence-corrected chi connectivity index (χ4v) is 5.08. The molecule has 0 fully saturated rings. The molecule has 0 spiro atoms. The number of hydrogen-bond acceptors (Lipinski definition) is 5. The smallest absolute Gasteiger partial charge is 0.365 e. The van der Waals surface area contributed by atoms with Gasteiger partial charge < -0.3 is 24.0 Å². The zero-order chi connectivity index (χ0) is 24.8. The van der Waals surface area contributed by atoms with Crippen molar-refractivity contribution in [2.45, 2.75) is 11.8 Å². The summed E-state index contributed by atoms with van der Waals surface area (Å²) in [6, 6.07) is 12.2. The van der Waals surface area contributed by atoms with Crippen LogP contribution in [0.5, 0.6) is 0 Å². The third-order valence-electron chi connectivity index (χ3n) is 4.98. The number of pyridine rings is 1. The number of rotatable bonds is 4. The lowest BCUT2D eigenvalue weighted by Gasteiger charge is -2.24. The monoisotopic (exact) mass is 646 g/mol. The molecule has 0 bridgehead atoms. The minimum atomic E-state index is -4.65. The summed E-state index contributed by atoms with van der Waals surface area (Å²) in [6.45, 7) is 1.21. The number of halogens is 3. The van der Waals surface area contributed by atoms with Crippen LogP contribution in [0.2, 0.25) is 10.0 Å². The molecular weight excluding hydrogens is 630 g/mol. The number of benzene rings is 2. The second kappa shape index (κ2) is 10.1. The van der Waals surface area contributed by atoms with Gasteiger partial charge in [0.05, 0.1) is 15.8 Å². The van der Waals surface area contributed by atoms with Crippen LogP contribution in [0.1, 0.15) is 6.92 Å². The highest BCUT2D eigenvalue weighted by molar-refractivity contribution is 7.90. The third kappa shape index (κ3) is 4.85. The first-order valence-corrected chi connectivity index (χ1v) is 12.0. The van der Waals surface area contributed by atoms with Crippen LogP contribution in [0.4, 0.5) is 5.69 Å². The Morgan fingerprint density at radius 3 is 2.23 bits per heavy atom. The summed E-state index contributed by atoms with van der Waals surface area (Å²) < 4.78 is 29.4. The molecule has 0 aliphatic carbocycles. The topological polar surface area (TPSA) is 102 Å². The number of amides is 1. The van der Waals surface area contributed by atoms with Gasteiger partial charge in [-0.2, -0.15) is 4.68 Å². The second-order valence-corrected chi connectivity index (χ2v) is 10.0. The van der Waals surface area contributed by atoms with Gasteiger partial charge >= 0.3 is 5.69 Å². The number of carbonyl (C=O) groups excluding carboxylic acids is 1. The van der Waals surface area contributed by atoms with E-state index in [1.54, 1.807) is 36.1 Å². The molecule has 0 aliphatic rings. The predicted molar refractivity (Wildman–Crippen MR) is 128 cm³/mol. The van der Waals surface area contributed by atoms with E-state index >= 15 is 0 Å².